The Morgan fingerprint density at radius 2 is 1.95 bits per heavy atom. The summed E-state index contributed by atoms with van der Waals surface area (Å²) in [6.07, 6.45) is 0. The molecule has 0 heterocycles. The molecule has 0 spiro atoms. The summed E-state index contributed by atoms with van der Waals surface area (Å²) in [6.45, 7) is 5.71. The molecule has 0 atom stereocenters. The Morgan fingerprint density at radius 3 is 2.65 bits per heavy atom. The van der Waals surface area contributed by atoms with Gasteiger partial charge in [-0.15, -0.1) is 0 Å². The second-order valence-corrected chi connectivity index (χ2v) is 4.96. The van der Waals surface area contributed by atoms with Gasteiger partial charge in [0.2, 0.25) is 0 Å². The molecule has 2 aromatic carbocycles. The van der Waals surface area contributed by atoms with Crippen LogP contribution in [0.3, 0.4) is 0 Å². The Labute approximate surface area is 123 Å². The molecule has 0 aliphatic carbocycles. The van der Waals surface area contributed by atoms with Crippen LogP contribution in [0.25, 0.3) is 0 Å². The quantitative estimate of drug-likeness (QED) is 0.863. The molecular weight excluding hydrogens is 277 g/mol. The SMILES string of the molecule is CCNCc1ccc(C)c(Oc2ccc(F)cc2Cl)c1. The lowest BCUT2D eigenvalue weighted by atomic mass is 10.1. The van der Waals surface area contributed by atoms with Crippen LogP contribution in [-0.4, -0.2) is 6.54 Å². The van der Waals surface area contributed by atoms with Crippen molar-refractivity contribution in [3.63, 3.8) is 0 Å². The maximum atomic E-state index is 13.0. The first-order valence-corrected chi connectivity index (χ1v) is 6.91. The first-order chi connectivity index (χ1) is 9.60. The van der Waals surface area contributed by atoms with Gasteiger partial charge in [-0.05, 0) is 48.9 Å². The third kappa shape index (κ3) is 3.71. The zero-order valence-electron chi connectivity index (χ0n) is 11.5. The van der Waals surface area contributed by atoms with Crippen LogP contribution in [0.15, 0.2) is 36.4 Å². The summed E-state index contributed by atoms with van der Waals surface area (Å²) in [6, 6.07) is 10.1. The van der Waals surface area contributed by atoms with E-state index < -0.39 is 0 Å². The molecule has 4 heteroatoms. The van der Waals surface area contributed by atoms with E-state index in [0.717, 1.165) is 30.0 Å². The molecule has 0 radical (unpaired) electrons. The number of aryl methyl sites for hydroxylation is 1. The van der Waals surface area contributed by atoms with Crippen LogP contribution in [-0.2, 0) is 6.54 Å². The predicted octanol–water partition coefficient (Wildman–Crippen LogP) is 4.69. The Morgan fingerprint density at radius 1 is 1.15 bits per heavy atom. The van der Waals surface area contributed by atoms with Gasteiger partial charge in [-0.1, -0.05) is 30.7 Å². The minimum atomic E-state index is -0.375. The maximum absolute atomic E-state index is 13.0. The van der Waals surface area contributed by atoms with Crippen molar-refractivity contribution >= 4 is 11.6 Å². The van der Waals surface area contributed by atoms with Crippen LogP contribution in [0, 0.1) is 12.7 Å². The molecule has 0 bridgehead atoms. The van der Waals surface area contributed by atoms with Gasteiger partial charge in [0.1, 0.15) is 17.3 Å². The van der Waals surface area contributed by atoms with Crippen molar-refractivity contribution in [3.05, 3.63) is 58.4 Å². The van der Waals surface area contributed by atoms with Gasteiger partial charge in [0.05, 0.1) is 5.02 Å². The molecule has 0 aromatic heterocycles. The third-order valence-corrected chi connectivity index (χ3v) is 3.24. The smallest absolute Gasteiger partial charge is 0.146 e. The monoisotopic (exact) mass is 293 g/mol. The van der Waals surface area contributed by atoms with Gasteiger partial charge in [-0.25, -0.2) is 4.39 Å². The summed E-state index contributed by atoms with van der Waals surface area (Å²) in [4.78, 5) is 0. The van der Waals surface area contributed by atoms with E-state index in [0.29, 0.717) is 5.75 Å². The Kier molecular flexibility index (Phi) is 4.99. The molecule has 0 aliphatic rings. The van der Waals surface area contributed by atoms with Gasteiger partial charge in [0.25, 0.3) is 0 Å². The van der Waals surface area contributed by atoms with Crippen molar-refractivity contribution in [1.29, 1.82) is 0 Å². The Bertz CT molecular complexity index is 601. The standard InChI is InChI=1S/C16H17ClFNO/c1-3-19-10-12-5-4-11(2)16(8-12)20-15-7-6-13(18)9-14(15)17/h4-9,19H,3,10H2,1-2H3. The highest BCUT2D eigenvalue weighted by molar-refractivity contribution is 6.32. The molecule has 0 fully saturated rings. The second kappa shape index (κ2) is 6.73. The number of rotatable bonds is 5. The summed E-state index contributed by atoms with van der Waals surface area (Å²) in [5.74, 6) is 0.811. The van der Waals surface area contributed by atoms with Crippen molar-refractivity contribution in [3.8, 4) is 11.5 Å². The Balaban J connectivity index is 2.23. The van der Waals surface area contributed by atoms with E-state index in [9.17, 15) is 4.39 Å². The van der Waals surface area contributed by atoms with Gasteiger partial charge in [0.15, 0.2) is 0 Å². The molecular formula is C16H17ClFNO. The molecule has 2 rings (SSSR count). The van der Waals surface area contributed by atoms with E-state index in [4.69, 9.17) is 16.3 Å². The van der Waals surface area contributed by atoms with E-state index in [2.05, 4.69) is 18.3 Å². The van der Waals surface area contributed by atoms with Crippen LogP contribution >= 0.6 is 11.6 Å². The van der Waals surface area contributed by atoms with Crippen LogP contribution in [0.4, 0.5) is 4.39 Å². The highest BCUT2D eigenvalue weighted by Gasteiger charge is 2.07. The Hall–Kier alpha value is -1.58. The van der Waals surface area contributed by atoms with E-state index in [1.807, 2.05) is 19.1 Å². The highest BCUT2D eigenvalue weighted by Crippen LogP contribution is 2.32. The van der Waals surface area contributed by atoms with Gasteiger partial charge in [-0.3, -0.25) is 0 Å². The zero-order chi connectivity index (χ0) is 14.5. The predicted molar refractivity (Wildman–Crippen MR) is 80.0 cm³/mol. The van der Waals surface area contributed by atoms with Crippen molar-refractivity contribution in [2.24, 2.45) is 0 Å². The van der Waals surface area contributed by atoms with Crippen LogP contribution in [0.1, 0.15) is 18.1 Å². The highest BCUT2D eigenvalue weighted by atomic mass is 35.5. The average molecular weight is 294 g/mol. The summed E-state index contributed by atoms with van der Waals surface area (Å²) in [5, 5.41) is 3.53. The van der Waals surface area contributed by atoms with E-state index in [1.165, 1.54) is 18.2 Å². The van der Waals surface area contributed by atoms with Crippen molar-refractivity contribution < 1.29 is 9.13 Å². The summed E-state index contributed by atoms with van der Waals surface area (Å²) in [7, 11) is 0. The van der Waals surface area contributed by atoms with E-state index >= 15 is 0 Å². The third-order valence-electron chi connectivity index (χ3n) is 2.95. The van der Waals surface area contributed by atoms with Crippen LogP contribution in [0.2, 0.25) is 5.02 Å². The lowest BCUT2D eigenvalue weighted by Gasteiger charge is -2.12. The summed E-state index contributed by atoms with van der Waals surface area (Å²) < 4.78 is 18.8. The van der Waals surface area contributed by atoms with E-state index in [-0.39, 0.29) is 10.8 Å². The van der Waals surface area contributed by atoms with Crippen molar-refractivity contribution in [2.45, 2.75) is 20.4 Å². The summed E-state index contributed by atoms with van der Waals surface area (Å²) >= 11 is 5.98. The largest absolute Gasteiger partial charge is 0.456 e. The molecule has 0 aliphatic heterocycles. The molecule has 20 heavy (non-hydrogen) atoms. The number of hydrogen-bond acceptors (Lipinski definition) is 2. The van der Waals surface area contributed by atoms with Crippen LogP contribution < -0.4 is 10.1 Å². The fourth-order valence-electron chi connectivity index (χ4n) is 1.81. The number of hydrogen-bond donors (Lipinski definition) is 1. The van der Waals surface area contributed by atoms with Crippen molar-refractivity contribution in [1.82, 2.24) is 5.32 Å². The van der Waals surface area contributed by atoms with Crippen molar-refractivity contribution in [2.75, 3.05) is 6.54 Å². The lowest BCUT2D eigenvalue weighted by Crippen LogP contribution is -2.11. The molecule has 0 unspecified atom stereocenters. The molecule has 2 nitrogen and oxygen atoms in total. The fraction of sp³-hybridized carbons (Fsp3) is 0.250. The molecule has 2 aromatic rings. The molecule has 0 saturated heterocycles. The lowest BCUT2D eigenvalue weighted by molar-refractivity contribution is 0.476. The zero-order valence-corrected chi connectivity index (χ0v) is 12.3. The molecule has 0 saturated carbocycles. The maximum Gasteiger partial charge on any atom is 0.146 e. The average Bonchev–Trinajstić information content (AvgIpc) is 2.42. The normalized spacial score (nSPS) is 10.6. The van der Waals surface area contributed by atoms with Gasteiger partial charge < -0.3 is 10.1 Å². The van der Waals surface area contributed by atoms with Gasteiger partial charge >= 0.3 is 0 Å². The minimum Gasteiger partial charge on any atom is -0.456 e. The molecule has 106 valence electrons. The molecule has 1 N–H and O–H groups in total. The number of halogens is 2. The number of nitrogens with one attached hydrogen (secondary N) is 1. The minimum absolute atomic E-state index is 0.265. The fourth-order valence-corrected chi connectivity index (χ4v) is 2.02. The first kappa shape index (κ1) is 14.8. The topological polar surface area (TPSA) is 21.3 Å². The second-order valence-electron chi connectivity index (χ2n) is 4.56. The van der Waals surface area contributed by atoms with Gasteiger partial charge in [-0.2, -0.15) is 0 Å². The number of benzene rings is 2. The number of ether oxygens (including phenoxy) is 1. The summed E-state index contributed by atoms with van der Waals surface area (Å²) in [5.41, 5.74) is 2.14. The molecule has 0 amide bonds. The van der Waals surface area contributed by atoms with Gasteiger partial charge in [0, 0.05) is 6.54 Å². The van der Waals surface area contributed by atoms with Crippen LogP contribution in [0.5, 0.6) is 11.5 Å². The van der Waals surface area contributed by atoms with E-state index in [1.54, 1.807) is 0 Å². The first-order valence-electron chi connectivity index (χ1n) is 6.53.